The third kappa shape index (κ3) is 3.49. The van der Waals surface area contributed by atoms with E-state index in [0.717, 1.165) is 61.3 Å². The van der Waals surface area contributed by atoms with Crippen LogP contribution in [0.3, 0.4) is 0 Å². The van der Waals surface area contributed by atoms with E-state index in [-0.39, 0.29) is 5.91 Å². The smallest absolute Gasteiger partial charge is 0.254 e. The number of carbonyl (C=O) groups excluding carboxylic acids is 1. The number of nitrogens with one attached hydrogen (secondary N) is 1. The molecule has 22 heavy (non-hydrogen) atoms. The molecular formula is C18H26N2OS. The number of hydrogen-bond donors (Lipinski definition) is 1. The van der Waals surface area contributed by atoms with Gasteiger partial charge in [0.2, 0.25) is 0 Å². The zero-order chi connectivity index (χ0) is 15.5. The molecule has 2 aliphatic rings. The van der Waals surface area contributed by atoms with Crippen LogP contribution in [0.2, 0.25) is 0 Å². The van der Waals surface area contributed by atoms with Crippen molar-refractivity contribution in [2.45, 2.75) is 36.8 Å². The summed E-state index contributed by atoms with van der Waals surface area (Å²) in [5.41, 5.74) is 0.881. The van der Waals surface area contributed by atoms with Crippen molar-refractivity contribution < 1.29 is 4.79 Å². The molecule has 0 bridgehead atoms. The summed E-state index contributed by atoms with van der Waals surface area (Å²) in [5, 5.41) is 3.98. The van der Waals surface area contributed by atoms with E-state index in [1.165, 1.54) is 0 Å². The Balaban J connectivity index is 1.73. The number of hydrogen-bond acceptors (Lipinski definition) is 3. The zero-order valence-corrected chi connectivity index (χ0v) is 14.4. The predicted octanol–water partition coefficient (Wildman–Crippen LogP) is 3.26. The second-order valence-corrected chi connectivity index (χ2v) is 8.33. The topological polar surface area (TPSA) is 32.3 Å². The summed E-state index contributed by atoms with van der Waals surface area (Å²) in [4.78, 5) is 16.2. The first-order chi connectivity index (χ1) is 10.6. The van der Waals surface area contributed by atoms with Crippen LogP contribution >= 0.6 is 11.8 Å². The van der Waals surface area contributed by atoms with Crippen LogP contribution in [-0.2, 0) is 0 Å². The van der Waals surface area contributed by atoms with Gasteiger partial charge >= 0.3 is 0 Å². The van der Waals surface area contributed by atoms with E-state index in [0.29, 0.717) is 5.25 Å². The van der Waals surface area contributed by atoms with Gasteiger partial charge < -0.3 is 10.2 Å². The number of fused-ring (bicyclic) bond motifs is 1. The van der Waals surface area contributed by atoms with Crippen LogP contribution in [-0.4, -0.2) is 42.2 Å². The Morgan fingerprint density at radius 3 is 2.45 bits per heavy atom. The number of benzene rings is 1. The van der Waals surface area contributed by atoms with E-state index in [9.17, 15) is 4.79 Å². The molecule has 0 unspecified atom stereocenters. The Morgan fingerprint density at radius 1 is 1.18 bits per heavy atom. The van der Waals surface area contributed by atoms with E-state index in [1.807, 2.05) is 18.2 Å². The quantitative estimate of drug-likeness (QED) is 0.868. The van der Waals surface area contributed by atoms with Gasteiger partial charge in [-0.05, 0) is 49.9 Å². The zero-order valence-electron chi connectivity index (χ0n) is 13.5. The fraction of sp³-hybridized carbons (Fsp3) is 0.611. The highest BCUT2D eigenvalue weighted by Gasteiger charge is 2.32. The van der Waals surface area contributed by atoms with Crippen molar-refractivity contribution in [2.24, 2.45) is 11.8 Å². The molecule has 3 rings (SSSR count). The Morgan fingerprint density at radius 2 is 1.82 bits per heavy atom. The van der Waals surface area contributed by atoms with Gasteiger partial charge in [0.1, 0.15) is 0 Å². The molecule has 2 fully saturated rings. The van der Waals surface area contributed by atoms with Gasteiger partial charge in [0.05, 0.1) is 5.56 Å². The molecule has 2 saturated heterocycles. The Hall–Kier alpha value is -1.00. The van der Waals surface area contributed by atoms with Gasteiger partial charge in [-0.1, -0.05) is 26.0 Å². The molecule has 2 heterocycles. The highest BCUT2D eigenvalue weighted by atomic mass is 32.2. The molecule has 1 aromatic rings. The minimum absolute atomic E-state index is 0.219. The van der Waals surface area contributed by atoms with Crippen molar-refractivity contribution in [3.05, 3.63) is 29.8 Å². The second-order valence-electron chi connectivity index (χ2n) is 6.71. The molecule has 0 aliphatic carbocycles. The van der Waals surface area contributed by atoms with Crippen molar-refractivity contribution in [1.82, 2.24) is 10.2 Å². The van der Waals surface area contributed by atoms with Crippen molar-refractivity contribution >= 4 is 17.7 Å². The highest BCUT2D eigenvalue weighted by Crippen LogP contribution is 2.30. The van der Waals surface area contributed by atoms with Crippen LogP contribution < -0.4 is 5.32 Å². The summed E-state index contributed by atoms with van der Waals surface area (Å²) in [6.45, 7) is 8.42. The van der Waals surface area contributed by atoms with Crippen LogP contribution in [0.5, 0.6) is 0 Å². The Labute approximate surface area is 137 Å². The summed E-state index contributed by atoms with van der Waals surface area (Å²) in [7, 11) is 0. The number of likely N-dealkylation sites (tertiary alicyclic amines) is 1. The monoisotopic (exact) mass is 318 g/mol. The first-order valence-corrected chi connectivity index (χ1v) is 9.29. The number of carbonyl (C=O) groups is 1. The minimum Gasteiger partial charge on any atom is -0.339 e. The van der Waals surface area contributed by atoms with E-state index >= 15 is 0 Å². The summed E-state index contributed by atoms with van der Waals surface area (Å²) < 4.78 is 0. The maximum Gasteiger partial charge on any atom is 0.254 e. The lowest BCUT2D eigenvalue weighted by atomic mass is 9.92. The van der Waals surface area contributed by atoms with Crippen molar-refractivity contribution in [1.29, 1.82) is 0 Å². The number of amides is 1. The normalized spacial score (nSPS) is 25.1. The van der Waals surface area contributed by atoms with Gasteiger partial charge in [0, 0.05) is 23.2 Å². The van der Waals surface area contributed by atoms with Crippen molar-refractivity contribution in [3.8, 4) is 0 Å². The fourth-order valence-corrected chi connectivity index (χ4v) is 4.54. The van der Waals surface area contributed by atoms with Crippen LogP contribution in [0.4, 0.5) is 0 Å². The summed E-state index contributed by atoms with van der Waals surface area (Å²) in [6, 6.07) is 8.07. The van der Waals surface area contributed by atoms with Gasteiger partial charge in [-0.25, -0.2) is 0 Å². The van der Waals surface area contributed by atoms with Crippen molar-refractivity contribution in [3.63, 3.8) is 0 Å². The fourth-order valence-electron chi connectivity index (χ4n) is 3.59. The lowest BCUT2D eigenvalue weighted by Gasteiger charge is -2.22. The molecule has 0 aromatic heterocycles. The molecule has 120 valence electrons. The third-order valence-electron chi connectivity index (χ3n) is 4.79. The lowest BCUT2D eigenvalue weighted by molar-refractivity contribution is 0.0755. The van der Waals surface area contributed by atoms with Crippen molar-refractivity contribution in [2.75, 3.05) is 26.2 Å². The van der Waals surface area contributed by atoms with Gasteiger partial charge in [-0.15, -0.1) is 11.8 Å². The SMILES string of the molecule is CC(C)Sc1ccccc1C(=O)N1CC[C@@H]2CNC[C@@H]2CC1. The summed E-state index contributed by atoms with van der Waals surface area (Å²) in [5.74, 6) is 1.74. The second kappa shape index (κ2) is 7.05. The van der Waals surface area contributed by atoms with E-state index in [1.54, 1.807) is 11.8 Å². The molecule has 2 atom stereocenters. The van der Waals surface area contributed by atoms with E-state index < -0.39 is 0 Å². The van der Waals surface area contributed by atoms with Gasteiger partial charge in [-0.3, -0.25) is 4.79 Å². The maximum absolute atomic E-state index is 13.0. The summed E-state index contributed by atoms with van der Waals surface area (Å²) >= 11 is 1.78. The third-order valence-corrected chi connectivity index (χ3v) is 5.87. The standard InChI is InChI=1S/C18H26N2OS/c1-13(2)22-17-6-4-3-5-16(17)18(21)20-9-7-14-11-19-12-15(14)8-10-20/h3-6,13-15,19H,7-12H2,1-2H3/t14-,15+. The van der Waals surface area contributed by atoms with Crippen LogP contribution in [0.1, 0.15) is 37.0 Å². The number of nitrogens with zero attached hydrogens (tertiary/aromatic N) is 1. The molecular weight excluding hydrogens is 292 g/mol. The van der Waals surface area contributed by atoms with Crippen LogP contribution in [0.15, 0.2) is 29.2 Å². The van der Waals surface area contributed by atoms with Crippen LogP contribution in [0.25, 0.3) is 0 Å². The van der Waals surface area contributed by atoms with Gasteiger partial charge in [0.15, 0.2) is 0 Å². The number of thioether (sulfide) groups is 1. The molecule has 1 N–H and O–H groups in total. The first-order valence-electron chi connectivity index (χ1n) is 8.41. The highest BCUT2D eigenvalue weighted by molar-refractivity contribution is 8.00. The molecule has 4 heteroatoms. The predicted molar refractivity (Wildman–Crippen MR) is 92.4 cm³/mol. The molecule has 2 aliphatic heterocycles. The molecule has 1 amide bonds. The molecule has 0 radical (unpaired) electrons. The molecule has 0 saturated carbocycles. The lowest BCUT2D eigenvalue weighted by Crippen LogP contribution is -2.33. The Kier molecular flexibility index (Phi) is 5.09. The van der Waals surface area contributed by atoms with Gasteiger partial charge in [-0.2, -0.15) is 0 Å². The van der Waals surface area contributed by atoms with Crippen LogP contribution in [0, 0.1) is 11.8 Å². The first kappa shape index (κ1) is 15.9. The maximum atomic E-state index is 13.0. The largest absolute Gasteiger partial charge is 0.339 e. The Bertz CT molecular complexity index is 518. The van der Waals surface area contributed by atoms with E-state index in [2.05, 4.69) is 30.1 Å². The molecule has 0 spiro atoms. The average molecular weight is 318 g/mol. The minimum atomic E-state index is 0.219. The average Bonchev–Trinajstić information content (AvgIpc) is 2.85. The summed E-state index contributed by atoms with van der Waals surface area (Å²) in [6.07, 6.45) is 2.28. The molecule has 3 nitrogen and oxygen atoms in total. The van der Waals surface area contributed by atoms with Gasteiger partial charge in [0.25, 0.3) is 5.91 Å². The number of rotatable bonds is 3. The molecule has 1 aromatic carbocycles. The van der Waals surface area contributed by atoms with E-state index in [4.69, 9.17) is 0 Å².